The summed E-state index contributed by atoms with van der Waals surface area (Å²) in [4.78, 5) is 26.9. The van der Waals surface area contributed by atoms with Crippen LogP contribution in [-0.4, -0.2) is 28.4 Å². The number of nitrogens with one attached hydrogen (secondary N) is 1. The number of aryl methyl sites for hydroxylation is 4. The minimum atomic E-state index is -0.0659. The Bertz CT molecular complexity index is 792. The fourth-order valence-corrected chi connectivity index (χ4v) is 2.68. The highest BCUT2D eigenvalue weighted by Crippen LogP contribution is 2.24. The zero-order valence-corrected chi connectivity index (χ0v) is 13.7. The van der Waals surface area contributed by atoms with Gasteiger partial charge in [-0.25, -0.2) is 19.9 Å². The summed E-state index contributed by atoms with van der Waals surface area (Å²) in [7, 11) is 0. The van der Waals surface area contributed by atoms with Gasteiger partial charge in [-0.15, -0.1) is 0 Å². The van der Waals surface area contributed by atoms with Crippen molar-refractivity contribution in [3.63, 3.8) is 0 Å². The van der Waals surface area contributed by atoms with Crippen LogP contribution in [0.5, 0.6) is 0 Å². The number of carbonyl (C=O) groups is 1. The Balaban J connectivity index is 1.93. The van der Waals surface area contributed by atoms with Crippen molar-refractivity contribution < 1.29 is 4.79 Å². The molecule has 0 bridgehead atoms. The largest absolute Gasteiger partial charge is 0.294 e. The van der Waals surface area contributed by atoms with E-state index in [1.54, 1.807) is 4.90 Å². The van der Waals surface area contributed by atoms with Crippen molar-refractivity contribution >= 4 is 23.5 Å². The molecular weight excluding hydrogens is 290 g/mol. The summed E-state index contributed by atoms with van der Waals surface area (Å²) in [5.74, 6) is 0.849. The number of benzene rings is 1. The number of rotatable bonds is 2. The molecule has 1 aliphatic rings. The van der Waals surface area contributed by atoms with Gasteiger partial charge in [-0.3, -0.25) is 10.1 Å². The van der Waals surface area contributed by atoms with Crippen LogP contribution in [0.2, 0.25) is 0 Å². The van der Waals surface area contributed by atoms with Crippen LogP contribution in [0.15, 0.2) is 29.3 Å². The van der Waals surface area contributed by atoms with E-state index in [1.165, 1.54) is 0 Å². The highest BCUT2D eigenvalue weighted by atomic mass is 16.2. The van der Waals surface area contributed by atoms with Crippen LogP contribution < -0.4 is 10.2 Å². The number of anilines is 2. The standard InChI is InChI=1S/C17H19N5O/c1-10-5-6-14(11(2)7-10)22-15(23)9-18-17(22)21-16-19-12(3)8-13(4)20-16/h5-8H,9H2,1-4H3,(H,18,19,20,21). The summed E-state index contributed by atoms with van der Waals surface area (Å²) >= 11 is 0. The Hall–Kier alpha value is -2.76. The molecule has 0 spiro atoms. The molecule has 0 radical (unpaired) electrons. The van der Waals surface area contributed by atoms with E-state index in [0.29, 0.717) is 11.9 Å². The molecule has 1 N–H and O–H groups in total. The highest BCUT2D eigenvalue weighted by Gasteiger charge is 2.28. The predicted octanol–water partition coefficient (Wildman–Crippen LogP) is 2.52. The Morgan fingerprint density at radius 2 is 1.74 bits per heavy atom. The van der Waals surface area contributed by atoms with Crippen LogP contribution in [-0.2, 0) is 4.79 Å². The summed E-state index contributed by atoms with van der Waals surface area (Å²) in [5.41, 5.74) is 4.73. The molecule has 0 unspecified atom stereocenters. The number of guanidine groups is 1. The number of nitrogens with zero attached hydrogens (tertiary/aromatic N) is 4. The fraction of sp³-hybridized carbons (Fsp3) is 0.294. The summed E-state index contributed by atoms with van der Waals surface area (Å²) < 4.78 is 0. The van der Waals surface area contributed by atoms with Crippen LogP contribution in [0.25, 0.3) is 0 Å². The molecule has 1 aromatic carbocycles. The van der Waals surface area contributed by atoms with Crippen LogP contribution in [0.1, 0.15) is 22.5 Å². The maximum absolute atomic E-state index is 12.3. The van der Waals surface area contributed by atoms with Crippen molar-refractivity contribution in [3.05, 3.63) is 46.8 Å². The van der Waals surface area contributed by atoms with Gasteiger partial charge in [-0.05, 0) is 45.4 Å². The molecule has 1 amide bonds. The highest BCUT2D eigenvalue weighted by molar-refractivity contribution is 6.24. The Morgan fingerprint density at radius 3 is 2.39 bits per heavy atom. The molecule has 0 atom stereocenters. The van der Waals surface area contributed by atoms with Crippen LogP contribution >= 0.6 is 0 Å². The van der Waals surface area contributed by atoms with Gasteiger partial charge in [-0.1, -0.05) is 17.7 Å². The van der Waals surface area contributed by atoms with E-state index in [1.807, 2.05) is 52.0 Å². The third-order valence-corrected chi connectivity index (χ3v) is 3.62. The molecule has 0 fully saturated rings. The van der Waals surface area contributed by atoms with Crippen molar-refractivity contribution in [2.24, 2.45) is 4.99 Å². The van der Waals surface area contributed by atoms with Gasteiger partial charge in [0.05, 0.1) is 5.69 Å². The Labute approximate surface area is 135 Å². The summed E-state index contributed by atoms with van der Waals surface area (Å²) in [6.07, 6.45) is 0. The molecular formula is C17H19N5O. The first-order valence-corrected chi connectivity index (χ1v) is 7.48. The predicted molar refractivity (Wildman–Crippen MR) is 90.8 cm³/mol. The molecule has 6 heteroatoms. The zero-order chi connectivity index (χ0) is 16.6. The molecule has 1 aromatic heterocycles. The van der Waals surface area contributed by atoms with E-state index in [9.17, 15) is 4.79 Å². The molecule has 1 aliphatic heterocycles. The molecule has 0 saturated heterocycles. The molecule has 118 valence electrons. The number of hydrogen-bond donors (Lipinski definition) is 1. The lowest BCUT2D eigenvalue weighted by molar-refractivity contribution is -0.115. The van der Waals surface area contributed by atoms with Gasteiger partial charge in [0.15, 0.2) is 0 Å². The van der Waals surface area contributed by atoms with Gasteiger partial charge < -0.3 is 0 Å². The second kappa shape index (κ2) is 5.79. The summed E-state index contributed by atoms with van der Waals surface area (Å²) in [6.45, 7) is 7.95. The quantitative estimate of drug-likeness (QED) is 0.925. The van der Waals surface area contributed by atoms with E-state index < -0.39 is 0 Å². The van der Waals surface area contributed by atoms with Gasteiger partial charge in [0.25, 0.3) is 5.91 Å². The molecule has 0 saturated carbocycles. The first-order chi connectivity index (χ1) is 10.9. The first kappa shape index (κ1) is 15.1. The van der Waals surface area contributed by atoms with Crippen molar-refractivity contribution in [2.75, 3.05) is 16.8 Å². The van der Waals surface area contributed by atoms with E-state index in [2.05, 4.69) is 20.3 Å². The van der Waals surface area contributed by atoms with E-state index in [0.717, 1.165) is 28.2 Å². The second-order valence-electron chi connectivity index (χ2n) is 5.76. The van der Waals surface area contributed by atoms with Gasteiger partial charge in [0, 0.05) is 11.4 Å². The number of hydrogen-bond acceptors (Lipinski definition) is 5. The average Bonchev–Trinajstić information content (AvgIpc) is 2.79. The monoisotopic (exact) mass is 309 g/mol. The third-order valence-electron chi connectivity index (χ3n) is 3.62. The average molecular weight is 309 g/mol. The zero-order valence-electron chi connectivity index (χ0n) is 13.7. The number of carbonyl (C=O) groups excluding carboxylic acids is 1. The van der Waals surface area contributed by atoms with E-state index >= 15 is 0 Å². The summed E-state index contributed by atoms with van der Waals surface area (Å²) in [5, 5.41) is 3.08. The number of aromatic nitrogens is 2. The fourth-order valence-electron chi connectivity index (χ4n) is 2.68. The Morgan fingerprint density at radius 1 is 1.04 bits per heavy atom. The van der Waals surface area contributed by atoms with E-state index in [4.69, 9.17) is 0 Å². The topological polar surface area (TPSA) is 70.5 Å². The summed E-state index contributed by atoms with van der Waals surface area (Å²) in [6, 6.07) is 7.87. The lowest BCUT2D eigenvalue weighted by Gasteiger charge is -2.21. The number of aliphatic imine (C=N–C) groups is 1. The maximum atomic E-state index is 12.3. The molecule has 6 nitrogen and oxygen atoms in total. The van der Waals surface area contributed by atoms with E-state index in [-0.39, 0.29) is 12.5 Å². The third kappa shape index (κ3) is 3.06. The molecule has 23 heavy (non-hydrogen) atoms. The second-order valence-corrected chi connectivity index (χ2v) is 5.76. The lowest BCUT2D eigenvalue weighted by Crippen LogP contribution is -2.37. The SMILES string of the molecule is Cc1ccc(N2C(=O)CN=C2Nc2nc(C)cc(C)n2)c(C)c1. The van der Waals surface area contributed by atoms with Crippen LogP contribution in [0.3, 0.4) is 0 Å². The van der Waals surface area contributed by atoms with Gasteiger partial charge in [0.1, 0.15) is 6.54 Å². The lowest BCUT2D eigenvalue weighted by atomic mass is 10.1. The maximum Gasteiger partial charge on any atom is 0.255 e. The van der Waals surface area contributed by atoms with Crippen molar-refractivity contribution in [1.82, 2.24) is 9.97 Å². The van der Waals surface area contributed by atoms with Gasteiger partial charge in [0.2, 0.25) is 11.9 Å². The minimum absolute atomic E-state index is 0.0659. The van der Waals surface area contributed by atoms with Gasteiger partial charge >= 0.3 is 0 Å². The van der Waals surface area contributed by atoms with Crippen molar-refractivity contribution in [3.8, 4) is 0 Å². The van der Waals surface area contributed by atoms with Crippen molar-refractivity contribution in [1.29, 1.82) is 0 Å². The van der Waals surface area contributed by atoms with Gasteiger partial charge in [-0.2, -0.15) is 0 Å². The van der Waals surface area contributed by atoms with Crippen LogP contribution in [0.4, 0.5) is 11.6 Å². The number of amides is 1. The smallest absolute Gasteiger partial charge is 0.255 e. The van der Waals surface area contributed by atoms with Crippen LogP contribution in [0, 0.1) is 27.7 Å². The molecule has 2 heterocycles. The minimum Gasteiger partial charge on any atom is -0.294 e. The molecule has 3 rings (SSSR count). The molecule has 0 aliphatic carbocycles. The normalized spacial score (nSPS) is 14.2. The Kier molecular flexibility index (Phi) is 3.82. The molecule has 2 aromatic rings. The first-order valence-electron chi connectivity index (χ1n) is 7.48. The van der Waals surface area contributed by atoms with Crippen molar-refractivity contribution in [2.45, 2.75) is 27.7 Å².